The van der Waals surface area contributed by atoms with Gasteiger partial charge in [0.25, 0.3) is 0 Å². The van der Waals surface area contributed by atoms with Crippen molar-refractivity contribution >= 4 is 17.9 Å². The molecule has 0 aromatic carbocycles. The van der Waals surface area contributed by atoms with Gasteiger partial charge in [-0.1, -0.05) is 309 Å². The van der Waals surface area contributed by atoms with Gasteiger partial charge >= 0.3 is 17.9 Å². The lowest BCUT2D eigenvalue weighted by atomic mass is 10.0. The van der Waals surface area contributed by atoms with Gasteiger partial charge < -0.3 is 14.2 Å². The Labute approximate surface area is 437 Å². The number of hydrogen-bond acceptors (Lipinski definition) is 6. The molecule has 6 heteroatoms. The molecule has 0 aliphatic carbocycles. The van der Waals surface area contributed by atoms with Gasteiger partial charge in [-0.15, -0.1) is 0 Å². The summed E-state index contributed by atoms with van der Waals surface area (Å²) in [5.74, 6) is -0.845. The van der Waals surface area contributed by atoms with Crippen molar-refractivity contribution in [2.24, 2.45) is 0 Å². The van der Waals surface area contributed by atoms with Crippen LogP contribution in [0.15, 0.2) is 12.2 Å². The molecule has 0 aliphatic rings. The first-order valence-electron chi connectivity index (χ1n) is 31.7. The van der Waals surface area contributed by atoms with Crippen LogP contribution in [0.25, 0.3) is 0 Å². The fourth-order valence-electron chi connectivity index (χ4n) is 9.74. The van der Waals surface area contributed by atoms with Gasteiger partial charge in [0.05, 0.1) is 0 Å². The Bertz CT molecular complexity index is 1090. The molecule has 0 aromatic rings. The van der Waals surface area contributed by atoms with Crippen LogP contribution in [0.2, 0.25) is 0 Å². The summed E-state index contributed by atoms with van der Waals surface area (Å²) in [6, 6.07) is 0. The Morgan fingerprint density at radius 3 is 0.714 bits per heavy atom. The Balaban J connectivity index is 4.15. The van der Waals surface area contributed by atoms with E-state index in [9.17, 15) is 14.4 Å². The Hall–Kier alpha value is -1.85. The fraction of sp³-hybridized carbons (Fsp3) is 0.922. The van der Waals surface area contributed by atoms with Crippen LogP contribution in [0.4, 0.5) is 0 Å². The molecule has 0 aromatic heterocycles. The van der Waals surface area contributed by atoms with Crippen molar-refractivity contribution in [1.29, 1.82) is 0 Å². The molecule has 0 amide bonds. The van der Waals surface area contributed by atoms with E-state index < -0.39 is 6.10 Å². The maximum absolute atomic E-state index is 12.9. The molecule has 0 N–H and O–H groups in total. The van der Waals surface area contributed by atoms with Crippen LogP contribution in [0.3, 0.4) is 0 Å². The lowest BCUT2D eigenvalue weighted by Crippen LogP contribution is -2.30. The zero-order valence-corrected chi connectivity index (χ0v) is 47.6. The number of unbranched alkanes of at least 4 members (excludes halogenated alkanes) is 46. The first kappa shape index (κ1) is 68.2. The van der Waals surface area contributed by atoms with Gasteiger partial charge in [0.1, 0.15) is 13.2 Å². The van der Waals surface area contributed by atoms with E-state index in [1.807, 2.05) is 0 Å². The lowest BCUT2D eigenvalue weighted by molar-refractivity contribution is -0.167. The molecular formula is C64H122O6. The average molecular weight is 988 g/mol. The smallest absolute Gasteiger partial charge is 0.306 e. The maximum atomic E-state index is 12.9. The first-order valence-corrected chi connectivity index (χ1v) is 31.7. The van der Waals surface area contributed by atoms with E-state index in [0.29, 0.717) is 19.3 Å². The second-order valence-corrected chi connectivity index (χ2v) is 21.7. The van der Waals surface area contributed by atoms with Gasteiger partial charge in [0.15, 0.2) is 6.10 Å². The molecule has 1 atom stereocenters. The molecule has 0 rings (SSSR count). The zero-order valence-electron chi connectivity index (χ0n) is 47.6. The molecule has 6 nitrogen and oxygen atoms in total. The third kappa shape index (κ3) is 57.1. The monoisotopic (exact) mass is 987 g/mol. The highest BCUT2D eigenvalue weighted by Crippen LogP contribution is 2.18. The summed E-state index contributed by atoms with van der Waals surface area (Å²) in [6.07, 6.45) is 69.4. The van der Waals surface area contributed by atoms with E-state index in [2.05, 4.69) is 32.9 Å². The highest BCUT2D eigenvalue weighted by Gasteiger charge is 2.19. The third-order valence-corrected chi connectivity index (χ3v) is 14.5. The van der Waals surface area contributed by atoms with Gasteiger partial charge in [0, 0.05) is 19.3 Å². The van der Waals surface area contributed by atoms with E-state index in [1.54, 1.807) is 0 Å². The molecule has 0 bridgehead atoms. The maximum Gasteiger partial charge on any atom is 0.306 e. The summed E-state index contributed by atoms with van der Waals surface area (Å²) >= 11 is 0. The van der Waals surface area contributed by atoms with Crippen LogP contribution in [-0.2, 0) is 28.6 Å². The van der Waals surface area contributed by atoms with Crippen LogP contribution in [0.5, 0.6) is 0 Å². The quantitative estimate of drug-likeness (QED) is 0.0261. The van der Waals surface area contributed by atoms with Gasteiger partial charge in [-0.05, 0) is 44.9 Å². The second kappa shape index (κ2) is 59.7. The van der Waals surface area contributed by atoms with Gasteiger partial charge in [-0.3, -0.25) is 14.4 Å². The topological polar surface area (TPSA) is 78.9 Å². The fourth-order valence-corrected chi connectivity index (χ4v) is 9.74. The molecule has 414 valence electrons. The summed E-state index contributed by atoms with van der Waals surface area (Å²) in [5, 5.41) is 0. The van der Waals surface area contributed by atoms with Crippen molar-refractivity contribution < 1.29 is 28.6 Å². The largest absolute Gasteiger partial charge is 0.462 e. The lowest BCUT2D eigenvalue weighted by Gasteiger charge is -2.18. The summed E-state index contributed by atoms with van der Waals surface area (Å²) < 4.78 is 16.9. The zero-order chi connectivity index (χ0) is 50.7. The molecule has 1 unspecified atom stereocenters. The van der Waals surface area contributed by atoms with E-state index in [0.717, 1.165) is 57.8 Å². The van der Waals surface area contributed by atoms with Crippen molar-refractivity contribution in [3.8, 4) is 0 Å². The molecule has 0 saturated carbocycles. The minimum Gasteiger partial charge on any atom is -0.462 e. The SMILES string of the molecule is CCCCCCCC/C=C\CCCCCCCCCC(=O)OC(COC(=O)CCCCCCCCCCCC)COC(=O)CCCCCCCCCCCCCCCCCCCCCCCCCCC. The van der Waals surface area contributed by atoms with Crippen LogP contribution in [0.1, 0.15) is 361 Å². The Kier molecular flexibility index (Phi) is 58.1. The molecular weight excluding hydrogens is 865 g/mol. The van der Waals surface area contributed by atoms with Crippen molar-refractivity contribution in [2.75, 3.05) is 13.2 Å². The van der Waals surface area contributed by atoms with Gasteiger partial charge in [-0.25, -0.2) is 0 Å². The average Bonchev–Trinajstić information content (AvgIpc) is 3.36. The number of allylic oxidation sites excluding steroid dienone is 2. The number of esters is 3. The van der Waals surface area contributed by atoms with Crippen LogP contribution in [0, 0.1) is 0 Å². The highest BCUT2D eigenvalue weighted by molar-refractivity contribution is 5.71. The van der Waals surface area contributed by atoms with Crippen LogP contribution < -0.4 is 0 Å². The summed E-state index contributed by atoms with van der Waals surface area (Å²) in [5.41, 5.74) is 0. The Morgan fingerprint density at radius 2 is 0.471 bits per heavy atom. The van der Waals surface area contributed by atoms with Crippen molar-refractivity contribution in [1.82, 2.24) is 0 Å². The third-order valence-electron chi connectivity index (χ3n) is 14.5. The van der Waals surface area contributed by atoms with Crippen LogP contribution in [-0.4, -0.2) is 37.2 Å². The molecule has 0 fully saturated rings. The first-order chi connectivity index (χ1) is 34.5. The van der Waals surface area contributed by atoms with Crippen molar-refractivity contribution in [2.45, 2.75) is 367 Å². The minimum atomic E-state index is -0.767. The molecule has 0 heterocycles. The van der Waals surface area contributed by atoms with E-state index >= 15 is 0 Å². The van der Waals surface area contributed by atoms with E-state index in [-0.39, 0.29) is 31.1 Å². The summed E-state index contributed by atoms with van der Waals surface area (Å²) in [7, 11) is 0. The number of hydrogen-bond donors (Lipinski definition) is 0. The minimum absolute atomic E-state index is 0.0657. The molecule has 0 spiro atoms. The van der Waals surface area contributed by atoms with Crippen molar-refractivity contribution in [3.05, 3.63) is 12.2 Å². The predicted molar refractivity (Wildman–Crippen MR) is 303 cm³/mol. The van der Waals surface area contributed by atoms with Crippen LogP contribution >= 0.6 is 0 Å². The summed E-state index contributed by atoms with van der Waals surface area (Å²) in [4.78, 5) is 38.2. The second-order valence-electron chi connectivity index (χ2n) is 21.7. The number of carbonyl (C=O) groups is 3. The molecule has 0 aliphatic heterocycles. The highest BCUT2D eigenvalue weighted by atomic mass is 16.6. The number of rotatable bonds is 59. The molecule has 0 radical (unpaired) electrons. The van der Waals surface area contributed by atoms with Gasteiger partial charge in [0.2, 0.25) is 0 Å². The molecule has 70 heavy (non-hydrogen) atoms. The number of carbonyl (C=O) groups excluding carboxylic acids is 3. The normalized spacial score (nSPS) is 12.0. The van der Waals surface area contributed by atoms with E-state index in [1.165, 1.54) is 263 Å². The van der Waals surface area contributed by atoms with E-state index in [4.69, 9.17) is 14.2 Å². The predicted octanol–water partition coefficient (Wildman–Crippen LogP) is 21.3. The summed E-state index contributed by atoms with van der Waals surface area (Å²) in [6.45, 7) is 6.69. The van der Waals surface area contributed by atoms with Gasteiger partial charge in [-0.2, -0.15) is 0 Å². The standard InChI is InChI=1S/C64H122O6/c1-4-7-10-13-16-19-22-24-26-28-29-30-31-32-33-34-35-37-38-40-42-45-48-51-54-57-63(66)69-60-61(59-68-62(65)56-53-50-47-44-21-18-15-12-9-6-3)70-64(67)58-55-52-49-46-43-41-39-36-27-25-23-20-17-14-11-8-5-2/h25,27,61H,4-24,26,28-60H2,1-3H3/b27-25-. The number of ether oxygens (including phenoxy) is 3. The Morgan fingerprint density at radius 1 is 0.271 bits per heavy atom. The van der Waals surface area contributed by atoms with Crippen molar-refractivity contribution in [3.63, 3.8) is 0 Å². The molecule has 0 saturated heterocycles.